The van der Waals surface area contributed by atoms with Gasteiger partial charge in [-0.15, -0.1) is 0 Å². The molecular formula is C26H24N2O2. The third kappa shape index (κ3) is 3.94. The predicted octanol–water partition coefficient (Wildman–Crippen LogP) is 5.11. The molecule has 0 bridgehead atoms. The lowest BCUT2D eigenvalue weighted by Crippen LogP contribution is -2.05. The van der Waals surface area contributed by atoms with Crippen LogP contribution in [0, 0.1) is 0 Å². The highest BCUT2D eigenvalue weighted by molar-refractivity contribution is 5.75. The van der Waals surface area contributed by atoms with E-state index in [1.54, 1.807) is 18.2 Å². The summed E-state index contributed by atoms with van der Waals surface area (Å²) in [4.78, 5) is 0. The minimum atomic E-state index is 0.239. The number of phenolic OH excluding ortho intramolecular Hbond substituents is 2. The first kappa shape index (κ1) is 19.4. The third-order valence-electron chi connectivity index (χ3n) is 5.41. The molecule has 0 spiro atoms. The van der Waals surface area contributed by atoms with Crippen LogP contribution in [0.15, 0.2) is 84.9 Å². The molecular weight excluding hydrogens is 372 g/mol. The summed E-state index contributed by atoms with van der Waals surface area (Å²) in [6, 6.07) is 26.2. The van der Waals surface area contributed by atoms with Crippen molar-refractivity contribution in [2.75, 3.05) is 11.5 Å². The molecule has 0 aliphatic rings. The number of hydrogen-bond acceptors (Lipinski definition) is 4. The van der Waals surface area contributed by atoms with Crippen LogP contribution in [-0.2, 0) is 12.8 Å². The molecule has 0 saturated heterocycles. The minimum absolute atomic E-state index is 0.239. The maximum atomic E-state index is 10.4. The zero-order valence-corrected chi connectivity index (χ0v) is 16.5. The topological polar surface area (TPSA) is 92.5 Å². The lowest BCUT2D eigenvalue weighted by Gasteiger charge is -2.19. The molecule has 6 N–H and O–H groups in total. The maximum Gasteiger partial charge on any atom is 0.119 e. The Morgan fingerprint density at radius 1 is 0.567 bits per heavy atom. The van der Waals surface area contributed by atoms with Gasteiger partial charge in [-0.2, -0.15) is 0 Å². The number of benzene rings is 4. The Hall–Kier alpha value is -3.92. The zero-order chi connectivity index (χ0) is 21.1. The van der Waals surface area contributed by atoms with Gasteiger partial charge >= 0.3 is 0 Å². The van der Waals surface area contributed by atoms with Crippen LogP contribution < -0.4 is 11.5 Å². The summed E-state index contributed by atoms with van der Waals surface area (Å²) in [6.45, 7) is 0. The second kappa shape index (κ2) is 8.21. The van der Waals surface area contributed by atoms with Crippen LogP contribution in [0.3, 0.4) is 0 Å². The summed E-state index contributed by atoms with van der Waals surface area (Å²) in [5.41, 5.74) is 19.3. The Morgan fingerprint density at radius 2 is 1.10 bits per heavy atom. The predicted molar refractivity (Wildman–Crippen MR) is 123 cm³/mol. The molecule has 0 unspecified atom stereocenters. The SMILES string of the molecule is Nc1ccc(-c2ccc(N)c(Cc3ccccc3O)c2Cc2ccccc2O)cc1. The van der Waals surface area contributed by atoms with Gasteiger partial charge in [0.05, 0.1) is 0 Å². The molecule has 0 radical (unpaired) electrons. The van der Waals surface area contributed by atoms with E-state index < -0.39 is 0 Å². The van der Waals surface area contributed by atoms with Crippen molar-refractivity contribution >= 4 is 11.4 Å². The van der Waals surface area contributed by atoms with Crippen molar-refractivity contribution in [2.24, 2.45) is 0 Å². The van der Waals surface area contributed by atoms with E-state index in [1.807, 2.05) is 66.7 Å². The van der Waals surface area contributed by atoms with Crippen molar-refractivity contribution in [2.45, 2.75) is 12.8 Å². The Labute approximate surface area is 176 Å². The first-order chi connectivity index (χ1) is 14.5. The van der Waals surface area contributed by atoms with Gasteiger partial charge in [-0.3, -0.25) is 0 Å². The molecule has 4 heteroatoms. The van der Waals surface area contributed by atoms with Crippen LogP contribution in [0.1, 0.15) is 22.3 Å². The smallest absolute Gasteiger partial charge is 0.119 e. The summed E-state index contributed by atoms with van der Waals surface area (Å²) in [6.07, 6.45) is 1.00. The standard InChI is InChI=1S/C26H24N2O2/c27-20-11-9-17(10-12-20)21-13-14-24(28)23(16-19-6-2-4-8-26(19)30)22(21)15-18-5-1-3-7-25(18)29/h1-14,29-30H,15-16,27-28H2. The van der Waals surface area contributed by atoms with Crippen molar-refractivity contribution in [3.63, 3.8) is 0 Å². The van der Waals surface area contributed by atoms with E-state index in [4.69, 9.17) is 11.5 Å². The number of nitrogen functional groups attached to an aromatic ring is 2. The molecule has 150 valence electrons. The molecule has 0 aliphatic heterocycles. The highest BCUT2D eigenvalue weighted by Crippen LogP contribution is 2.36. The third-order valence-corrected chi connectivity index (χ3v) is 5.41. The molecule has 0 amide bonds. The lowest BCUT2D eigenvalue weighted by atomic mass is 9.87. The number of phenols is 2. The van der Waals surface area contributed by atoms with Crippen molar-refractivity contribution in [3.05, 3.63) is 107 Å². The van der Waals surface area contributed by atoms with E-state index in [0.29, 0.717) is 24.2 Å². The molecule has 4 aromatic carbocycles. The van der Waals surface area contributed by atoms with Crippen molar-refractivity contribution in [1.82, 2.24) is 0 Å². The molecule has 0 atom stereocenters. The van der Waals surface area contributed by atoms with Gasteiger partial charge in [0.1, 0.15) is 11.5 Å². The fraction of sp³-hybridized carbons (Fsp3) is 0.0769. The number of anilines is 2. The fourth-order valence-electron chi connectivity index (χ4n) is 3.76. The molecule has 4 aromatic rings. The number of rotatable bonds is 5. The van der Waals surface area contributed by atoms with Crippen molar-refractivity contribution in [1.29, 1.82) is 0 Å². The summed E-state index contributed by atoms with van der Waals surface area (Å²) in [5.74, 6) is 0.486. The molecule has 0 aliphatic carbocycles. The molecule has 30 heavy (non-hydrogen) atoms. The lowest BCUT2D eigenvalue weighted by molar-refractivity contribution is 0.468. The molecule has 4 rings (SSSR count). The van der Waals surface area contributed by atoms with E-state index in [1.165, 1.54) is 0 Å². The van der Waals surface area contributed by atoms with E-state index in [0.717, 1.165) is 33.4 Å². The zero-order valence-electron chi connectivity index (χ0n) is 16.5. The second-order valence-corrected chi connectivity index (χ2v) is 7.39. The van der Waals surface area contributed by atoms with Crippen LogP contribution in [0.2, 0.25) is 0 Å². The quantitative estimate of drug-likeness (QED) is 0.353. The normalized spacial score (nSPS) is 10.8. The Bertz CT molecular complexity index is 1180. The van der Waals surface area contributed by atoms with Gasteiger partial charge in [0.2, 0.25) is 0 Å². The van der Waals surface area contributed by atoms with Crippen molar-refractivity contribution in [3.8, 4) is 22.6 Å². The Morgan fingerprint density at radius 3 is 1.67 bits per heavy atom. The van der Waals surface area contributed by atoms with E-state index in [-0.39, 0.29) is 11.5 Å². The summed E-state index contributed by atoms with van der Waals surface area (Å²) in [7, 11) is 0. The number of hydrogen-bond donors (Lipinski definition) is 4. The van der Waals surface area contributed by atoms with Gasteiger partial charge in [0, 0.05) is 24.2 Å². The number of aromatic hydroxyl groups is 2. The molecule has 0 fully saturated rings. The Balaban J connectivity index is 1.89. The second-order valence-electron chi connectivity index (χ2n) is 7.39. The van der Waals surface area contributed by atoms with E-state index >= 15 is 0 Å². The molecule has 0 heterocycles. The van der Waals surface area contributed by atoms with Crippen LogP contribution in [0.25, 0.3) is 11.1 Å². The van der Waals surface area contributed by atoms with Crippen LogP contribution in [-0.4, -0.2) is 10.2 Å². The molecule has 0 saturated carbocycles. The summed E-state index contributed by atoms with van der Waals surface area (Å²) in [5, 5.41) is 20.7. The van der Waals surface area contributed by atoms with E-state index in [9.17, 15) is 10.2 Å². The Kier molecular flexibility index (Phi) is 5.31. The van der Waals surface area contributed by atoms with Crippen LogP contribution in [0.4, 0.5) is 11.4 Å². The van der Waals surface area contributed by atoms with E-state index in [2.05, 4.69) is 0 Å². The number of nitrogens with two attached hydrogens (primary N) is 2. The first-order valence-corrected chi connectivity index (χ1v) is 9.83. The minimum Gasteiger partial charge on any atom is -0.508 e. The highest BCUT2D eigenvalue weighted by Gasteiger charge is 2.17. The van der Waals surface area contributed by atoms with Gasteiger partial charge in [-0.25, -0.2) is 0 Å². The largest absolute Gasteiger partial charge is 0.508 e. The van der Waals surface area contributed by atoms with Gasteiger partial charge < -0.3 is 21.7 Å². The average molecular weight is 396 g/mol. The highest BCUT2D eigenvalue weighted by atomic mass is 16.3. The van der Waals surface area contributed by atoms with Gasteiger partial charge in [0.15, 0.2) is 0 Å². The molecule has 0 aromatic heterocycles. The van der Waals surface area contributed by atoms with Gasteiger partial charge in [-0.1, -0.05) is 54.6 Å². The number of para-hydroxylation sites is 2. The first-order valence-electron chi connectivity index (χ1n) is 9.83. The molecule has 4 nitrogen and oxygen atoms in total. The van der Waals surface area contributed by atoms with Crippen LogP contribution >= 0.6 is 0 Å². The maximum absolute atomic E-state index is 10.4. The summed E-state index contributed by atoms with van der Waals surface area (Å²) >= 11 is 0. The summed E-state index contributed by atoms with van der Waals surface area (Å²) < 4.78 is 0. The van der Waals surface area contributed by atoms with Gasteiger partial charge in [0.25, 0.3) is 0 Å². The average Bonchev–Trinajstić information content (AvgIpc) is 2.74. The van der Waals surface area contributed by atoms with Gasteiger partial charge in [-0.05, 0) is 63.7 Å². The van der Waals surface area contributed by atoms with Crippen LogP contribution in [0.5, 0.6) is 11.5 Å². The van der Waals surface area contributed by atoms with Crippen molar-refractivity contribution < 1.29 is 10.2 Å². The monoisotopic (exact) mass is 396 g/mol. The fourth-order valence-corrected chi connectivity index (χ4v) is 3.76.